The van der Waals surface area contributed by atoms with E-state index < -0.39 is 0 Å². The van der Waals surface area contributed by atoms with E-state index >= 15 is 0 Å². The van der Waals surface area contributed by atoms with Crippen molar-refractivity contribution in [3.63, 3.8) is 0 Å². The van der Waals surface area contributed by atoms with E-state index in [0.29, 0.717) is 12.1 Å². The Morgan fingerprint density at radius 3 is 2.74 bits per heavy atom. The number of nitrogens with zero attached hydrogens (tertiary/aromatic N) is 3. The lowest BCUT2D eigenvalue weighted by atomic mass is 10.1. The molecule has 2 heterocycles. The number of amides is 1. The summed E-state index contributed by atoms with van der Waals surface area (Å²) in [7, 11) is 5.68. The second-order valence-corrected chi connectivity index (χ2v) is 7.03. The molecule has 2 aromatic rings. The molecule has 1 aromatic heterocycles. The van der Waals surface area contributed by atoms with Crippen LogP contribution in [0.5, 0.6) is 5.75 Å². The second kappa shape index (κ2) is 8.86. The van der Waals surface area contributed by atoms with Crippen LogP contribution in [0, 0.1) is 0 Å². The summed E-state index contributed by atoms with van der Waals surface area (Å²) in [6, 6.07) is 11.7. The molecule has 1 aliphatic heterocycles. The molecule has 6 heteroatoms. The molecular formula is C21H28N4O2. The first-order chi connectivity index (χ1) is 13.1. The first-order valence-corrected chi connectivity index (χ1v) is 9.38. The maximum atomic E-state index is 12.9. The number of methoxy groups -OCH3 is 1. The summed E-state index contributed by atoms with van der Waals surface area (Å²) >= 11 is 0. The number of anilines is 1. The molecule has 1 atom stereocenters. The topological polar surface area (TPSA) is 57.7 Å². The molecule has 1 fully saturated rings. The van der Waals surface area contributed by atoms with Crippen molar-refractivity contribution in [1.82, 2.24) is 15.2 Å². The molecule has 1 amide bonds. The average molecular weight is 368 g/mol. The number of hydrogen-bond acceptors (Lipinski definition) is 5. The third-order valence-electron chi connectivity index (χ3n) is 4.99. The fourth-order valence-electron chi connectivity index (χ4n) is 3.49. The molecule has 1 saturated heterocycles. The number of likely N-dealkylation sites (N-methyl/N-ethyl adjacent to an activating group) is 1. The summed E-state index contributed by atoms with van der Waals surface area (Å²) in [4.78, 5) is 21.6. The summed E-state index contributed by atoms with van der Waals surface area (Å²) in [6.07, 6.45) is 4.05. The van der Waals surface area contributed by atoms with Crippen molar-refractivity contribution in [2.75, 3.05) is 45.7 Å². The van der Waals surface area contributed by atoms with Crippen LogP contribution in [0.25, 0.3) is 0 Å². The van der Waals surface area contributed by atoms with E-state index in [2.05, 4.69) is 26.2 Å². The Morgan fingerprint density at radius 2 is 2.04 bits per heavy atom. The van der Waals surface area contributed by atoms with Crippen LogP contribution in [-0.4, -0.2) is 56.6 Å². The second-order valence-electron chi connectivity index (χ2n) is 7.03. The summed E-state index contributed by atoms with van der Waals surface area (Å²) in [6.45, 7) is 2.43. The Hall–Kier alpha value is -2.60. The van der Waals surface area contributed by atoms with Gasteiger partial charge >= 0.3 is 0 Å². The van der Waals surface area contributed by atoms with Crippen LogP contribution in [0.4, 0.5) is 5.82 Å². The highest BCUT2D eigenvalue weighted by molar-refractivity contribution is 5.98. The van der Waals surface area contributed by atoms with Crippen LogP contribution in [0.3, 0.4) is 0 Å². The highest BCUT2D eigenvalue weighted by Gasteiger charge is 2.22. The summed E-state index contributed by atoms with van der Waals surface area (Å²) < 4.78 is 5.33. The minimum Gasteiger partial charge on any atom is -0.497 e. The molecule has 1 N–H and O–H groups in total. The predicted molar refractivity (Wildman–Crippen MR) is 107 cm³/mol. The Morgan fingerprint density at radius 1 is 1.26 bits per heavy atom. The third kappa shape index (κ3) is 4.57. The molecule has 6 nitrogen and oxygen atoms in total. The van der Waals surface area contributed by atoms with Gasteiger partial charge in [0.1, 0.15) is 11.6 Å². The van der Waals surface area contributed by atoms with Crippen LogP contribution in [0.1, 0.15) is 34.8 Å². The van der Waals surface area contributed by atoms with Crippen molar-refractivity contribution in [1.29, 1.82) is 0 Å². The Kier molecular flexibility index (Phi) is 6.29. The van der Waals surface area contributed by atoms with Crippen LogP contribution in [0.2, 0.25) is 0 Å². The smallest absolute Gasteiger partial charge is 0.255 e. The number of aromatic nitrogens is 1. The lowest BCUT2D eigenvalue weighted by Gasteiger charge is -2.26. The van der Waals surface area contributed by atoms with Gasteiger partial charge in [-0.2, -0.15) is 0 Å². The van der Waals surface area contributed by atoms with Crippen LogP contribution in [0.15, 0.2) is 42.6 Å². The Bertz CT molecular complexity index is 772. The molecule has 27 heavy (non-hydrogen) atoms. The third-order valence-corrected chi connectivity index (χ3v) is 4.99. The number of rotatable bonds is 7. The van der Waals surface area contributed by atoms with Crippen molar-refractivity contribution in [2.45, 2.75) is 18.9 Å². The van der Waals surface area contributed by atoms with Gasteiger partial charge in [-0.15, -0.1) is 0 Å². The molecule has 144 valence electrons. The van der Waals surface area contributed by atoms with Crippen LogP contribution < -0.4 is 15.0 Å². The molecule has 1 aliphatic rings. The average Bonchev–Trinajstić information content (AvgIpc) is 3.22. The van der Waals surface area contributed by atoms with E-state index in [-0.39, 0.29) is 11.9 Å². The number of pyridine rings is 1. The van der Waals surface area contributed by atoms with E-state index in [1.54, 1.807) is 13.3 Å². The lowest BCUT2D eigenvalue weighted by Crippen LogP contribution is -2.35. The molecule has 0 aliphatic carbocycles. The molecule has 0 saturated carbocycles. The maximum Gasteiger partial charge on any atom is 0.255 e. The highest BCUT2D eigenvalue weighted by atomic mass is 16.5. The summed E-state index contributed by atoms with van der Waals surface area (Å²) in [5.74, 6) is 1.52. The van der Waals surface area contributed by atoms with Crippen molar-refractivity contribution >= 4 is 11.7 Å². The van der Waals surface area contributed by atoms with Gasteiger partial charge in [0, 0.05) is 25.8 Å². The number of ether oxygens (including phenoxy) is 1. The number of benzene rings is 1. The van der Waals surface area contributed by atoms with E-state index in [1.807, 2.05) is 44.4 Å². The van der Waals surface area contributed by atoms with Gasteiger partial charge < -0.3 is 19.9 Å². The van der Waals surface area contributed by atoms with Crippen molar-refractivity contribution in [3.05, 3.63) is 53.7 Å². The fraction of sp³-hybridized carbons (Fsp3) is 0.429. The van der Waals surface area contributed by atoms with Crippen molar-refractivity contribution in [2.24, 2.45) is 0 Å². The van der Waals surface area contributed by atoms with Crippen LogP contribution >= 0.6 is 0 Å². The van der Waals surface area contributed by atoms with Gasteiger partial charge in [0.25, 0.3) is 5.91 Å². The van der Waals surface area contributed by atoms with Gasteiger partial charge in [-0.1, -0.05) is 12.1 Å². The largest absolute Gasteiger partial charge is 0.497 e. The predicted octanol–water partition coefficient (Wildman–Crippen LogP) is 2.72. The monoisotopic (exact) mass is 368 g/mol. The normalized spacial score (nSPS) is 15.0. The lowest BCUT2D eigenvalue weighted by molar-refractivity contribution is 0.0942. The van der Waals surface area contributed by atoms with Gasteiger partial charge in [-0.25, -0.2) is 4.98 Å². The standard InChI is InChI=1S/C21H28N4O2/c1-24(2)19(16-8-6-9-17(14-16)27-3)15-23-21(26)18-10-7-11-22-20(18)25-12-4-5-13-25/h6-11,14,19H,4-5,12-13,15H2,1-3H3,(H,23,26). The first kappa shape index (κ1) is 19.2. The van der Waals surface area contributed by atoms with E-state index in [0.717, 1.165) is 43.1 Å². The number of carbonyl (C=O) groups is 1. The Balaban J connectivity index is 1.73. The molecule has 0 radical (unpaired) electrons. The first-order valence-electron chi connectivity index (χ1n) is 9.38. The molecule has 0 bridgehead atoms. The summed E-state index contributed by atoms with van der Waals surface area (Å²) in [5, 5.41) is 3.09. The zero-order valence-electron chi connectivity index (χ0n) is 16.3. The van der Waals surface area contributed by atoms with Gasteiger partial charge in [0.2, 0.25) is 0 Å². The minimum absolute atomic E-state index is 0.0518. The van der Waals surface area contributed by atoms with E-state index in [4.69, 9.17) is 4.74 Å². The van der Waals surface area contributed by atoms with Gasteiger partial charge in [-0.05, 0) is 56.8 Å². The van der Waals surface area contributed by atoms with E-state index in [1.165, 1.54) is 0 Å². The summed E-state index contributed by atoms with van der Waals surface area (Å²) in [5.41, 5.74) is 1.74. The van der Waals surface area contributed by atoms with Crippen molar-refractivity contribution < 1.29 is 9.53 Å². The minimum atomic E-state index is -0.0836. The molecule has 3 rings (SSSR count). The van der Waals surface area contributed by atoms with Gasteiger partial charge in [0.05, 0.1) is 18.7 Å². The SMILES string of the molecule is COc1cccc(C(CNC(=O)c2cccnc2N2CCCC2)N(C)C)c1. The fourth-order valence-corrected chi connectivity index (χ4v) is 3.49. The zero-order valence-corrected chi connectivity index (χ0v) is 16.3. The van der Waals surface area contributed by atoms with E-state index in [9.17, 15) is 4.79 Å². The highest BCUT2D eigenvalue weighted by Crippen LogP contribution is 2.24. The van der Waals surface area contributed by atoms with Crippen molar-refractivity contribution in [3.8, 4) is 5.75 Å². The molecule has 1 aromatic carbocycles. The molecule has 0 spiro atoms. The number of hydrogen-bond donors (Lipinski definition) is 1. The quantitative estimate of drug-likeness (QED) is 0.814. The van der Waals surface area contributed by atoms with Crippen LogP contribution in [-0.2, 0) is 0 Å². The van der Waals surface area contributed by atoms with Gasteiger partial charge in [-0.3, -0.25) is 4.79 Å². The molecular weight excluding hydrogens is 340 g/mol. The van der Waals surface area contributed by atoms with Gasteiger partial charge in [0.15, 0.2) is 0 Å². The zero-order chi connectivity index (χ0) is 19.2. The molecule has 1 unspecified atom stereocenters. The maximum absolute atomic E-state index is 12.9. The number of carbonyl (C=O) groups excluding carboxylic acids is 1. The number of nitrogens with one attached hydrogen (secondary N) is 1. The Labute approximate surface area is 161 Å².